The molecular weight excluding hydrogens is 302 g/mol. The predicted octanol–water partition coefficient (Wildman–Crippen LogP) is 0.607. The maximum atomic E-state index is 11.8. The molecule has 0 amide bonds. The van der Waals surface area contributed by atoms with Crippen LogP contribution in [0, 0.1) is 13.8 Å². The van der Waals surface area contributed by atoms with Crippen LogP contribution in [0.15, 0.2) is 17.0 Å². The normalized spacial score (nSPS) is 12.4. The molecule has 0 heterocycles. The first kappa shape index (κ1) is 16.9. The molecule has 0 atom stereocenters. The Hall–Kier alpha value is -1.16. The fraction of sp³-hybridized carbons (Fsp3) is 0.455. The van der Waals surface area contributed by atoms with E-state index in [1.165, 1.54) is 12.1 Å². The molecule has 1 aromatic rings. The van der Waals surface area contributed by atoms with E-state index in [9.17, 15) is 16.8 Å². The van der Waals surface area contributed by atoms with Crippen LogP contribution < -0.4 is 14.6 Å². The van der Waals surface area contributed by atoms with E-state index in [0.29, 0.717) is 24.1 Å². The molecular formula is C11H19N3O4S2. The summed E-state index contributed by atoms with van der Waals surface area (Å²) in [7, 11) is -7.63. The molecule has 0 aliphatic carbocycles. The van der Waals surface area contributed by atoms with Crippen molar-refractivity contribution < 1.29 is 16.8 Å². The number of benzene rings is 1. The molecule has 1 aromatic carbocycles. The van der Waals surface area contributed by atoms with Crippen LogP contribution in [0.5, 0.6) is 0 Å². The molecule has 7 nitrogen and oxygen atoms in total. The number of sulfonamides is 1. The molecule has 0 radical (unpaired) electrons. The zero-order chi connectivity index (χ0) is 15.6. The molecule has 114 valence electrons. The van der Waals surface area contributed by atoms with Crippen molar-refractivity contribution in [1.29, 1.82) is 0 Å². The van der Waals surface area contributed by atoms with Gasteiger partial charge in [0.05, 0.1) is 10.6 Å². The standard InChI is InChI=1S/C11H19N3O4S2/c1-4-5-13-20(17,18)14-11-7-10(19(12,15)16)6-8(2)9(11)3/h6-7,13-14H,4-5H2,1-3H3,(H2,12,15,16). The average Bonchev–Trinajstić information content (AvgIpc) is 2.30. The quantitative estimate of drug-likeness (QED) is 0.711. The Morgan fingerprint density at radius 3 is 2.25 bits per heavy atom. The summed E-state index contributed by atoms with van der Waals surface area (Å²) in [6, 6.07) is 2.62. The van der Waals surface area contributed by atoms with E-state index >= 15 is 0 Å². The third kappa shape index (κ3) is 4.44. The molecule has 0 aromatic heterocycles. The summed E-state index contributed by atoms with van der Waals surface area (Å²) in [5, 5.41) is 5.07. The highest BCUT2D eigenvalue weighted by Gasteiger charge is 2.16. The van der Waals surface area contributed by atoms with Crippen molar-refractivity contribution in [3.05, 3.63) is 23.3 Å². The van der Waals surface area contributed by atoms with Gasteiger partial charge < -0.3 is 0 Å². The maximum Gasteiger partial charge on any atom is 0.299 e. The molecule has 0 fully saturated rings. The summed E-state index contributed by atoms with van der Waals surface area (Å²) in [5.41, 5.74) is 1.46. The molecule has 0 aliphatic rings. The van der Waals surface area contributed by atoms with Gasteiger partial charge in [0.1, 0.15) is 0 Å². The molecule has 4 N–H and O–H groups in total. The lowest BCUT2D eigenvalue weighted by atomic mass is 10.1. The van der Waals surface area contributed by atoms with Crippen molar-refractivity contribution in [3.8, 4) is 0 Å². The highest BCUT2D eigenvalue weighted by molar-refractivity contribution is 7.90. The predicted molar refractivity (Wildman–Crippen MR) is 78.1 cm³/mol. The average molecular weight is 321 g/mol. The fourth-order valence-corrected chi connectivity index (χ4v) is 3.18. The van der Waals surface area contributed by atoms with Gasteiger partial charge in [-0.15, -0.1) is 0 Å². The molecule has 9 heteroatoms. The van der Waals surface area contributed by atoms with Gasteiger partial charge in [-0.3, -0.25) is 4.72 Å². The fourth-order valence-electron chi connectivity index (χ4n) is 1.51. The SMILES string of the molecule is CCCNS(=O)(=O)Nc1cc(S(N)(=O)=O)cc(C)c1C. The van der Waals surface area contributed by atoms with Gasteiger partial charge in [-0.05, 0) is 43.5 Å². The molecule has 0 saturated heterocycles. The van der Waals surface area contributed by atoms with Crippen LogP contribution in [0.3, 0.4) is 0 Å². The van der Waals surface area contributed by atoms with Gasteiger partial charge in [-0.2, -0.15) is 13.1 Å². The van der Waals surface area contributed by atoms with Crippen molar-refractivity contribution >= 4 is 25.9 Å². The van der Waals surface area contributed by atoms with E-state index in [1.807, 2.05) is 6.92 Å². The number of anilines is 1. The smallest absolute Gasteiger partial charge is 0.271 e. The first-order valence-corrected chi connectivity index (χ1v) is 9.01. The Morgan fingerprint density at radius 1 is 1.15 bits per heavy atom. The lowest BCUT2D eigenvalue weighted by molar-refractivity contribution is 0.585. The Balaban J connectivity index is 3.22. The van der Waals surface area contributed by atoms with Gasteiger partial charge in [0.2, 0.25) is 10.0 Å². The van der Waals surface area contributed by atoms with Crippen molar-refractivity contribution in [2.45, 2.75) is 32.1 Å². The van der Waals surface area contributed by atoms with Gasteiger partial charge in [-0.25, -0.2) is 13.6 Å². The largest absolute Gasteiger partial charge is 0.299 e. The second-order valence-electron chi connectivity index (χ2n) is 4.46. The van der Waals surface area contributed by atoms with Crippen LogP contribution >= 0.6 is 0 Å². The molecule has 0 saturated carbocycles. The number of primary sulfonamides is 1. The van der Waals surface area contributed by atoms with E-state index < -0.39 is 20.2 Å². The van der Waals surface area contributed by atoms with Crippen molar-refractivity contribution in [2.75, 3.05) is 11.3 Å². The third-order valence-corrected chi connectivity index (χ3v) is 4.72. The first-order valence-electron chi connectivity index (χ1n) is 5.98. The van der Waals surface area contributed by atoms with Gasteiger partial charge in [-0.1, -0.05) is 6.92 Å². The van der Waals surface area contributed by atoms with E-state index in [1.54, 1.807) is 13.8 Å². The summed E-state index contributed by atoms with van der Waals surface area (Å²) < 4.78 is 51.0. The number of nitrogens with one attached hydrogen (secondary N) is 2. The summed E-state index contributed by atoms with van der Waals surface area (Å²) in [4.78, 5) is -0.131. The van der Waals surface area contributed by atoms with E-state index in [0.717, 1.165) is 0 Å². The number of hydrogen-bond acceptors (Lipinski definition) is 4. The Labute approximate surface area is 119 Å². The summed E-state index contributed by atoms with van der Waals surface area (Å²) in [5.74, 6) is 0. The molecule has 0 bridgehead atoms. The highest BCUT2D eigenvalue weighted by atomic mass is 32.2. The van der Waals surface area contributed by atoms with Crippen molar-refractivity contribution in [3.63, 3.8) is 0 Å². The number of nitrogens with two attached hydrogens (primary N) is 1. The van der Waals surface area contributed by atoms with Gasteiger partial charge in [0.25, 0.3) is 10.2 Å². The zero-order valence-electron chi connectivity index (χ0n) is 11.6. The molecule has 0 aliphatic heterocycles. The molecule has 0 unspecified atom stereocenters. The maximum absolute atomic E-state index is 11.8. The summed E-state index contributed by atoms with van der Waals surface area (Å²) in [6.45, 7) is 5.50. The molecule has 0 spiro atoms. The van der Waals surface area contributed by atoms with Gasteiger partial charge >= 0.3 is 0 Å². The number of aryl methyl sites for hydroxylation is 1. The number of hydrogen-bond donors (Lipinski definition) is 3. The summed E-state index contributed by atoms with van der Waals surface area (Å²) in [6.07, 6.45) is 0.649. The van der Waals surface area contributed by atoms with Crippen LogP contribution in [0.25, 0.3) is 0 Å². The number of rotatable bonds is 6. The van der Waals surface area contributed by atoms with E-state index in [2.05, 4.69) is 9.44 Å². The topological polar surface area (TPSA) is 118 Å². The Kier molecular flexibility index (Phi) is 5.14. The van der Waals surface area contributed by atoms with Crippen LogP contribution in [-0.2, 0) is 20.2 Å². The zero-order valence-corrected chi connectivity index (χ0v) is 13.2. The summed E-state index contributed by atoms with van der Waals surface area (Å²) >= 11 is 0. The lowest BCUT2D eigenvalue weighted by Crippen LogP contribution is -2.31. The van der Waals surface area contributed by atoms with Gasteiger partial charge in [0, 0.05) is 6.54 Å². The minimum atomic E-state index is -3.89. The minimum Gasteiger partial charge on any atom is -0.271 e. The van der Waals surface area contributed by atoms with Gasteiger partial charge in [0.15, 0.2) is 0 Å². The molecule has 1 rings (SSSR count). The third-order valence-electron chi connectivity index (χ3n) is 2.76. The van der Waals surface area contributed by atoms with Crippen LogP contribution in [0.2, 0.25) is 0 Å². The van der Waals surface area contributed by atoms with E-state index in [4.69, 9.17) is 5.14 Å². The van der Waals surface area contributed by atoms with Crippen molar-refractivity contribution in [1.82, 2.24) is 4.72 Å². The Bertz CT molecular complexity index is 697. The monoisotopic (exact) mass is 321 g/mol. The second-order valence-corrected chi connectivity index (χ2v) is 7.52. The van der Waals surface area contributed by atoms with Crippen LogP contribution in [0.4, 0.5) is 5.69 Å². The lowest BCUT2D eigenvalue weighted by Gasteiger charge is -2.14. The second kappa shape index (κ2) is 6.08. The Morgan fingerprint density at radius 2 is 1.75 bits per heavy atom. The van der Waals surface area contributed by atoms with Crippen molar-refractivity contribution in [2.24, 2.45) is 5.14 Å². The molecule has 20 heavy (non-hydrogen) atoms. The highest BCUT2D eigenvalue weighted by Crippen LogP contribution is 2.24. The minimum absolute atomic E-state index is 0.131. The van der Waals surface area contributed by atoms with E-state index in [-0.39, 0.29) is 10.6 Å². The first-order chi connectivity index (χ1) is 9.07. The van der Waals surface area contributed by atoms with Crippen LogP contribution in [-0.4, -0.2) is 23.4 Å². The van der Waals surface area contributed by atoms with Crippen LogP contribution in [0.1, 0.15) is 24.5 Å².